The quantitative estimate of drug-likeness (QED) is 0.394. The van der Waals surface area contributed by atoms with Crippen LogP contribution >= 0.6 is 0 Å². The lowest BCUT2D eigenvalue weighted by molar-refractivity contribution is -0.143. The summed E-state index contributed by atoms with van der Waals surface area (Å²) in [7, 11) is 2.87. The predicted octanol–water partition coefficient (Wildman–Crippen LogP) is 3.85. The maximum Gasteiger partial charge on any atom is 0.433 e. The molecule has 0 unspecified atom stereocenters. The lowest BCUT2D eigenvalue weighted by atomic mass is 9.94. The SMILES string of the molecule is COc1cccc2c1nc(N)n1nc(CN3CCc4ccc(-c5cnn(C)c5C(F)(F)F)cc4C3)nc21. The normalized spacial score (nSPS) is 14.4. The molecule has 37 heavy (non-hydrogen) atoms. The first-order chi connectivity index (χ1) is 17.7. The lowest BCUT2D eigenvalue weighted by Crippen LogP contribution is -2.30. The molecule has 0 saturated carbocycles. The number of para-hydroxylation sites is 1. The maximum absolute atomic E-state index is 13.6. The Bertz CT molecular complexity index is 1660. The molecule has 0 saturated heterocycles. The topological polar surface area (TPSA) is 99.4 Å². The molecule has 2 aromatic carbocycles. The van der Waals surface area contributed by atoms with Gasteiger partial charge >= 0.3 is 6.18 Å². The van der Waals surface area contributed by atoms with Gasteiger partial charge in [0, 0.05) is 31.1 Å². The molecule has 4 heterocycles. The van der Waals surface area contributed by atoms with Gasteiger partial charge in [-0.3, -0.25) is 9.58 Å². The van der Waals surface area contributed by atoms with Gasteiger partial charge in [-0.2, -0.15) is 22.8 Å². The van der Waals surface area contributed by atoms with Gasteiger partial charge < -0.3 is 10.5 Å². The zero-order valence-corrected chi connectivity index (χ0v) is 20.1. The first-order valence-corrected chi connectivity index (χ1v) is 11.6. The fraction of sp³-hybridized carbons (Fsp3) is 0.280. The standard InChI is InChI=1S/C25H23F3N8O/c1-34-22(25(26,27)28)18(11-30-34)15-7-6-14-8-9-35(12-16(14)10-15)13-20-31-23-17-4-3-5-19(37-2)21(17)32-24(29)36(23)33-20/h3-7,10-11H,8-9,12-13H2,1-2H3,(H2,29,32). The first-order valence-electron chi connectivity index (χ1n) is 11.6. The molecule has 1 aliphatic rings. The molecule has 0 radical (unpaired) electrons. The summed E-state index contributed by atoms with van der Waals surface area (Å²) in [5.74, 6) is 1.38. The molecule has 2 N–H and O–H groups in total. The van der Waals surface area contributed by atoms with Crippen LogP contribution in [0.15, 0.2) is 42.6 Å². The second kappa shape index (κ2) is 8.44. The Morgan fingerprint density at radius 3 is 2.73 bits per heavy atom. The number of halogens is 3. The van der Waals surface area contributed by atoms with E-state index >= 15 is 0 Å². The third-order valence-corrected chi connectivity index (χ3v) is 6.74. The minimum atomic E-state index is -4.50. The monoisotopic (exact) mass is 508 g/mol. The molecule has 0 aliphatic carbocycles. The number of anilines is 1. The number of nitrogens with zero attached hydrogens (tertiary/aromatic N) is 7. The maximum atomic E-state index is 13.6. The number of aryl methyl sites for hydroxylation is 1. The van der Waals surface area contributed by atoms with Gasteiger partial charge in [0.05, 0.1) is 19.9 Å². The highest BCUT2D eigenvalue weighted by molar-refractivity contribution is 5.95. The molecule has 6 rings (SSSR count). The summed E-state index contributed by atoms with van der Waals surface area (Å²) in [5.41, 5.74) is 9.26. The molecule has 0 bridgehead atoms. The van der Waals surface area contributed by atoms with Crippen LogP contribution in [0, 0.1) is 0 Å². The summed E-state index contributed by atoms with van der Waals surface area (Å²) in [6, 6.07) is 11.0. The number of rotatable bonds is 4. The Hall–Kier alpha value is -4.19. The highest BCUT2D eigenvalue weighted by atomic mass is 19.4. The smallest absolute Gasteiger partial charge is 0.433 e. The molecule has 190 valence electrons. The Kier molecular flexibility index (Phi) is 5.30. The number of hydrogen-bond acceptors (Lipinski definition) is 7. The summed E-state index contributed by atoms with van der Waals surface area (Å²) < 4.78 is 48.7. The van der Waals surface area contributed by atoms with Gasteiger partial charge in [0.2, 0.25) is 5.95 Å². The van der Waals surface area contributed by atoms with E-state index in [-0.39, 0.29) is 11.5 Å². The first kappa shape index (κ1) is 23.2. The highest BCUT2D eigenvalue weighted by Gasteiger charge is 2.37. The van der Waals surface area contributed by atoms with Crippen molar-refractivity contribution in [1.82, 2.24) is 34.3 Å². The van der Waals surface area contributed by atoms with E-state index in [1.165, 1.54) is 17.8 Å². The van der Waals surface area contributed by atoms with Gasteiger partial charge in [0.25, 0.3) is 0 Å². The number of fused-ring (bicyclic) bond motifs is 4. The molecule has 3 aromatic heterocycles. The van der Waals surface area contributed by atoms with Crippen molar-refractivity contribution >= 4 is 22.5 Å². The second-order valence-electron chi connectivity index (χ2n) is 9.06. The molecule has 0 fully saturated rings. The van der Waals surface area contributed by atoms with E-state index in [0.29, 0.717) is 41.4 Å². The minimum absolute atomic E-state index is 0.0715. The Balaban J connectivity index is 1.30. The van der Waals surface area contributed by atoms with Crippen molar-refractivity contribution in [3.05, 3.63) is 65.2 Å². The number of nitrogen functional groups attached to an aromatic ring is 1. The molecule has 12 heteroatoms. The van der Waals surface area contributed by atoms with Crippen LogP contribution in [-0.4, -0.2) is 47.9 Å². The summed E-state index contributed by atoms with van der Waals surface area (Å²) in [6.45, 7) is 1.78. The molecule has 5 aromatic rings. The van der Waals surface area contributed by atoms with Crippen LogP contribution in [0.3, 0.4) is 0 Å². The molecular formula is C25H23F3N8O. The number of benzene rings is 2. The van der Waals surface area contributed by atoms with Crippen molar-refractivity contribution in [3.8, 4) is 16.9 Å². The molecule has 0 amide bonds. The van der Waals surface area contributed by atoms with E-state index in [1.807, 2.05) is 30.3 Å². The molecule has 9 nitrogen and oxygen atoms in total. The summed E-state index contributed by atoms with van der Waals surface area (Å²) in [5, 5.41) is 9.20. The number of hydrogen-bond donors (Lipinski definition) is 1. The number of nitrogens with two attached hydrogens (primary N) is 1. The van der Waals surface area contributed by atoms with E-state index in [9.17, 15) is 13.2 Å². The summed E-state index contributed by atoms with van der Waals surface area (Å²) in [6.07, 6.45) is -2.46. The number of alkyl halides is 3. The van der Waals surface area contributed by atoms with Gasteiger partial charge in [-0.25, -0.2) is 9.97 Å². The summed E-state index contributed by atoms with van der Waals surface area (Å²) in [4.78, 5) is 11.3. The highest BCUT2D eigenvalue weighted by Crippen LogP contribution is 2.38. The molecular weight excluding hydrogens is 485 g/mol. The van der Waals surface area contributed by atoms with E-state index in [0.717, 1.165) is 34.2 Å². The van der Waals surface area contributed by atoms with Crippen molar-refractivity contribution in [2.75, 3.05) is 19.4 Å². The summed E-state index contributed by atoms with van der Waals surface area (Å²) >= 11 is 0. The number of ether oxygens (including phenoxy) is 1. The van der Waals surface area contributed by atoms with Gasteiger partial charge in [-0.15, -0.1) is 5.10 Å². The Morgan fingerprint density at radius 2 is 1.95 bits per heavy atom. The fourth-order valence-electron chi connectivity index (χ4n) is 5.00. The van der Waals surface area contributed by atoms with Crippen molar-refractivity contribution in [1.29, 1.82) is 0 Å². The van der Waals surface area contributed by atoms with Crippen LogP contribution in [0.1, 0.15) is 22.6 Å². The molecule has 0 spiro atoms. The van der Waals surface area contributed by atoms with E-state index in [2.05, 4.69) is 20.1 Å². The average Bonchev–Trinajstić information content (AvgIpc) is 3.47. The van der Waals surface area contributed by atoms with E-state index < -0.39 is 11.9 Å². The Labute approximate surface area is 209 Å². The molecule has 0 atom stereocenters. The van der Waals surface area contributed by atoms with Crippen molar-refractivity contribution in [3.63, 3.8) is 0 Å². The van der Waals surface area contributed by atoms with Gasteiger partial charge in [0.15, 0.2) is 11.5 Å². The predicted molar refractivity (Wildman–Crippen MR) is 131 cm³/mol. The van der Waals surface area contributed by atoms with Crippen molar-refractivity contribution in [2.24, 2.45) is 7.05 Å². The third-order valence-electron chi connectivity index (χ3n) is 6.74. The van der Waals surface area contributed by atoms with Crippen molar-refractivity contribution in [2.45, 2.75) is 25.7 Å². The van der Waals surface area contributed by atoms with Crippen LogP contribution in [0.25, 0.3) is 27.7 Å². The molecule has 1 aliphatic heterocycles. The number of aromatic nitrogens is 6. The Morgan fingerprint density at radius 1 is 1.11 bits per heavy atom. The third kappa shape index (κ3) is 3.93. The minimum Gasteiger partial charge on any atom is -0.494 e. The fourth-order valence-corrected chi connectivity index (χ4v) is 5.00. The zero-order valence-electron chi connectivity index (χ0n) is 20.1. The van der Waals surface area contributed by atoms with E-state index in [1.54, 1.807) is 13.2 Å². The zero-order chi connectivity index (χ0) is 25.9. The second-order valence-corrected chi connectivity index (χ2v) is 9.06. The largest absolute Gasteiger partial charge is 0.494 e. The van der Waals surface area contributed by atoms with E-state index in [4.69, 9.17) is 15.5 Å². The van der Waals surface area contributed by atoms with Gasteiger partial charge in [-0.1, -0.05) is 18.2 Å². The van der Waals surface area contributed by atoms with Crippen LogP contribution in [-0.2, 0) is 32.7 Å². The van der Waals surface area contributed by atoms with Gasteiger partial charge in [-0.05, 0) is 41.3 Å². The van der Waals surface area contributed by atoms with Crippen LogP contribution in [0.2, 0.25) is 0 Å². The number of methoxy groups -OCH3 is 1. The van der Waals surface area contributed by atoms with Crippen LogP contribution in [0.5, 0.6) is 5.75 Å². The average molecular weight is 509 g/mol. The van der Waals surface area contributed by atoms with Gasteiger partial charge in [0.1, 0.15) is 17.0 Å². The van der Waals surface area contributed by atoms with Crippen molar-refractivity contribution < 1.29 is 17.9 Å². The van der Waals surface area contributed by atoms with Crippen LogP contribution < -0.4 is 10.5 Å². The van der Waals surface area contributed by atoms with Crippen LogP contribution in [0.4, 0.5) is 19.1 Å². The lowest BCUT2D eigenvalue weighted by Gasteiger charge is -2.28.